The first-order chi connectivity index (χ1) is 8.63. The van der Waals surface area contributed by atoms with Gasteiger partial charge in [0.05, 0.1) is 6.54 Å². The fourth-order valence-electron chi connectivity index (χ4n) is 2.28. The molecule has 1 atom stereocenters. The maximum absolute atomic E-state index is 4.19. The Morgan fingerprint density at radius 2 is 2.06 bits per heavy atom. The molecule has 0 aliphatic heterocycles. The summed E-state index contributed by atoms with van der Waals surface area (Å²) in [5.41, 5.74) is 0. The summed E-state index contributed by atoms with van der Waals surface area (Å²) in [6.45, 7) is 10.8. The Kier molecular flexibility index (Phi) is 4.32. The standard InChI is InChI=1S/C13H25N5/c1-5-8-18-13(14-15-16-18)9-17(12-6-7-12)11(4)10(2)3/h10-12H,5-9H2,1-4H3/t11-/m1/s1. The van der Waals surface area contributed by atoms with Gasteiger partial charge in [-0.1, -0.05) is 20.8 Å². The van der Waals surface area contributed by atoms with Gasteiger partial charge in [0, 0.05) is 18.6 Å². The first kappa shape index (κ1) is 13.5. The van der Waals surface area contributed by atoms with Gasteiger partial charge in [-0.3, -0.25) is 4.90 Å². The van der Waals surface area contributed by atoms with Crippen LogP contribution in [0.3, 0.4) is 0 Å². The summed E-state index contributed by atoms with van der Waals surface area (Å²) in [7, 11) is 0. The molecule has 0 bridgehead atoms. The molecule has 2 rings (SSSR count). The Hall–Kier alpha value is -0.970. The average Bonchev–Trinajstić information content (AvgIpc) is 3.08. The van der Waals surface area contributed by atoms with E-state index in [1.807, 2.05) is 4.68 Å². The van der Waals surface area contributed by atoms with Crippen LogP contribution in [0.2, 0.25) is 0 Å². The largest absolute Gasteiger partial charge is 0.290 e. The second kappa shape index (κ2) is 5.78. The van der Waals surface area contributed by atoms with Gasteiger partial charge in [-0.05, 0) is 42.5 Å². The summed E-state index contributed by atoms with van der Waals surface area (Å²) in [6.07, 6.45) is 3.72. The molecule has 1 fully saturated rings. The van der Waals surface area contributed by atoms with Crippen molar-refractivity contribution in [2.75, 3.05) is 0 Å². The lowest BCUT2D eigenvalue weighted by Gasteiger charge is -2.31. The van der Waals surface area contributed by atoms with Crippen LogP contribution in [0.5, 0.6) is 0 Å². The third-order valence-corrected chi connectivity index (χ3v) is 3.87. The SMILES string of the molecule is CCCn1nnnc1CN(C1CC1)[C@H](C)C(C)C. The Labute approximate surface area is 110 Å². The third kappa shape index (κ3) is 3.07. The lowest BCUT2D eigenvalue weighted by molar-refractivity contribution is 0.144. The van der Waals surface area contributed by atoms with Gasteiger partial charge in [0.1, 0.15) is 0 Å². The predicted octanol–water partition coefficient (Wildman–Crippen LogP) is 2.09. The van der Waals surface area contributed by atoms with E-state index in [0.717, 1.165) is 31.4 Å². The smallest absolute Gasteiger partial charge is 0.165 e. The minimum atomic E-state index is 0.587. The van der Waals surface area contributed by atoms with E-state index in [2.05, 4.69) is 48.1 Å². The molecule has 1 saturated carbocycles. The molecule has 5 heteroatoms. The molecule has 0 saturated heterocycles. The van der Waals surface area contributed by atoms with Crippen LogP contribution in [0.4, 0.5) is 0 Å². The summed E-state index contributed by atoms with van der Waals surface area (Å²) in [5, 5.41) is 12.1. The lowest BCUT2D eigenvalue weighted by atomic mass is 10.0. The van der Waals surface area contributed by atoms with Crippen LogP contribution in [-0.2, 0) is 13.1 Å². The van der Waals surface area contributed by atoms with Crippen molar-refractivity contribution in [3.8, 4) is 0 Å². The molecular weight excluding hydrogens is 226 g/mol. The Bertz CT molecular complexity index is 369. The van der Waals surface area contributed by atoms with Crippen molar-refractivity contribution in [3.63, 3.8) is 0 Å². The highest BCUT2D eigenvalue weighted by Gasteiger charge is 2.34. The monoisotopic (exact) mass is 251 g/mol. The molecule has 0 amide bonds. The van der Waals surface area contributed by atoms with E-state index >= 15 is 0 Å². The second-order valence-electron chi connectivity index (χ2n) is 5.71. The van der Waals surface area contributed by atoms with E-state index in [1.54, 1.807) is 0 Å². The zero-order valence-electron chi connectivity index (χ0n) is 12.0. The molecule has 1 aromatic rings. The molecule has 102 valence electrons. The summed E-state index contributed by atoms with van der Waals surface area (Å²) in [4.78, 5) is 2.57. The van der Waals surface area contributed by atoms with E-state index in [1.165, 1.54) is 12.8 Å². The zero-order valence-corrected chi connectivity index (χ0v) is 12.0. The van der Waals surface area contributed by atoms with Gasteiger partial charge in [-0.2, -0.15) is 0 Å². The van der Waals surface area contributed by atoms with Gasteiger partial charge in [-0.15, -0.1) is 5.10 Å². The van der Waals surface area contributed by atoms with E-state index in [0.29, 0.717) is 12.0 Å². The number of hydrogen-bond acceptors (Lipinski definition) is 4. The van der Waals surface area contributed by atoms with E-state index < -0.39 is 0 Å². The third-order valence-electron chi connectivity index (χ3n) is 3.87. The average molecular weight is 251 g/mol. The zero-order chi connectivity index (χ0) is 13.1. The minimum Gasteiger partial charge on any atom is -0.290 e. The first-order valence-corrected chi connectivity index (χ1v) is 7.14. The quantitative estimate of drug-likeness (QED) is 0.744. The van der Waals surface area contributed by atoms with Crippen molar-refractivity contribution >= 4 is 0 Å². The summed E-state index contributed by atoms with van der Waals surface area (Å²) < 4.78 is 1.95. The molecule has 5 nitrogen and oxygen atoms in total. The highest BCUT2D eigenvalue weighted by molar-refractivity contribution is 4.92. The van der Waals surface area contributed by atoms with Gasteiger partial charge in [-0.25, -0.2) is 4.68 Å². The van der Waals surface area contributed by atoms with Crippen molar-refractivity contribution in [1.29, 1.82) is 0 Å². The van der Waals surface area contributed by atoms with Gasteiger partial charge in [0.15, 0.2) is 5.82 Å². The van der Waals surface area contributed by atoms with Crippen molar-refractivity contribution in [2.24, 2.45) is 5.92 Å². The molecular formula is C13H25N5. The number of aromatic nitrogens is 4. The topological polar surface area (TPSA) is 46.8 Å². The molecule has 0 radical (unpaired) electrons. The molecule has 1 aliphatic rings. The molecule has 0 unspecified atom stereocenters. The van der Waals surface area contributed by atoms with Crippen LogP contribution < -0.4 is 0 Å². The minimum absolute atomic E-state index is 0.587. The normalized spacial score (nSPS) is 17.7. The predicted molar refractivity (Wildman–Crippen MR) is 71.0 cm³/mol. The summed E-state index contributed by atoms with van der Waals surface area (Å²) in [6, 6.07) is 1.33. The lowest BCUT2D eigenvalue weighted by Crippen LogP contribution is -2.38. The second-order valence-corrected chi connectivity index (χ2v) is 5.71. The molecule has 18 heavy (non-hydrogen) atoms. The Morgan fingerprint density at radius 3 is 2.61 bits per heavy atom. The van der Waals surface area contributed by atoms with Gasteiger partial charge in [0.2, 0.25) is 0 Å². The molecule has 0 N–H and O–H groups in total. The van der Waals surface area contributed by atoms with Crippen molar-refractivity contribution in [1.82, 2.24) is 25.1 Å². The molecule has 1 aliphatic carbocycles. The Balaban J connectivity index is 2.06. The van der Waals surface area contributed by atoms with E-state index in [-0.39, 0.29) is 0 Å². The number of rotatable bonds is 7. The molecule has 0 aromatic carbocycles. The van der Waals surface area contributed by atoms with Gasteiger partial charge in [0.25, 0.3) is 0 Å². The van der Waals surface area contributed by atoms with Crippen molar-refractivity contribution in [2.45, 2.75) is 72.1 Å². The van der Waals surface area contributed by atoms with Crippen LogP contribution in [0.15, 0.2) is 0 Å². The number of hydrogen-bond donors (Lipinski definition) is 0. The number of aryl methyl sites for hydroxylation is 1. The van der Waals surface area contributed by atoms with Crippen LogP contribution in [0.25, 0.3) is 0 Å². The highest BCUT2D eigenvalue weighted by Crippen LogP contribution is 2.31. The van der Waals surface area contributed by atoms with Crippen LogP contribution in [0.1, 0.15) is 52.8 Å². The van der Waals surface area contributed by atoms with E-state index in [4.69, 9.17) is 0 Å². The maximum Gasteiger partial charge on any atom is 0.165 e. The van der Waals surface area contributed by atoms with Crippen LogP contribution in [0, 0.1) is 5.92 Å². The molecule has 0 spiro atoms. The first-order valence-electron chi connectivity index (χ1n) is 7.14. The summed E-state index contributed by atoms with van der Waals surface area (Å²) >= 11 is 0. The summed E-state index contributed by atoms with van der Waals surface area (Å²) in [5.74, 6) is 1.68. The van der Waals surface area contributed by atoms with Crippen LogP contribution >= 0.6 is 0 Å². The fraction of sp³-hybridized carbons (Fsp3) is 0.923. The van der Waals surface area contributed by atoms with Crippen molar-refractivity contribution < 1.29 is 0 Å². The van der Waals surface area contributed by atoms with E-state index in [9.17, 15) is 0 Å². The van der Waals surface area contributed by atoms with Gasteiger partial charge >= 0.3 is 0 Å². The van der Waals surface area contributed by atoms with Gasteiger partial charge < -0.3 is 0 Å². The fourth-order valence-corrected chi connectivity index (χ4v) is 2.28. The Morgan fingerprint density at radius 1 is 1.33 bits per heavy atom. The van der Waals surface area contributed by atoms with Crippen molar-refractivity contribution in [3.05, 3.63) is 5.82 Å². The number of nitrogens with zero attached hydrogens (tertiary/aromatic N) is 5. The molecule has 1 heterocycles. The highest BCUT2D eigenvalue weighted by atomic mass is 15.5. The molecule has 1 aromatic heterocycles. The maximum atomic E-state index is 4.19. The van der Waals surface area contributed by atoms with Crippen LogP contribution in [-0.4, -0.2) is 37.2 Å². The number of tetrazole rings is 1.